The van der Waals surface area contributed by atoms with Crippen LogP contribution in [0, 0.1) is 36.5 Å². The van der Waals surface area contributed by atoms with Crippen LogP contribution in [0.3, 0.4) is 0 Å². The van der Waals surface area contributed by atoms with Crippen LogP contribution in [0.25, 0.3) is 0 Å². The van der Waals surface area contributed by atoms with E-state index in [4.69, 9.17) is 22.4 Å². The second-order valence-corrected chi connectivity index (χ2v) is 16.5. The van der Waals surface area contributed by atoms with Crippen molar-refractivity contribution >= 4 is 28.8 Å². The highest BCUT2D eigenvalue weighted by Crippen LogP contribution is 2.34. The quantitative estimate of drug-likeness (QED) is 0.0749. The molecule has 0 unspecified atom stereocenters. The highest BCUT2D eigenvalue weighted by atomic mass is 35.5. The lowest BCUT2D eigenvalue weighted by Crippen LogP contribution is -2.32. The van der Waals surface area contributed by atoms with Crippen LogP contribution >= 0.6 is 11.6 Å². The molecule has 2 aliphatic rings. The number of fused-ring (bicyclic) bond motifs is 2. The Morgan fingerprint density at radius 1 is 0.681 bits per heavy atom. The Kier molecular flexibility index (Phi) is 17.1. The van der Waals surface area contributed by atoms with Gasteiger partial charge in [0.2, 0.25) is 0 Å². The molecule has 0 spiro atoms. The van der Waals surface area contributed by atoms with Crippen molar-refractivity contribution in [2.45, 2.75) is 77.1 Å². The molecule has 6 aromatic rings. The first-order valence-corrected chi connectivity index (χ1v) is 21.9. The van der Waals surface area contributed by atoms with Gasteiger partial charge in [0.05, 0.1) is 39.9 Å². The van der Waals surface area contributed by atoms with E-state index in [1.807, 2.05) is 50.2 Å². The molecule has 5 N–H and O–H groups in total. The fourth-order valence-electron chi connectivity index (χ4n) is 7.71. The van der Waals surface area contributed by atoms with E-state index in [-0.39, 0.29) is 19.6 Å². The number of halogens is 7. The molecular weight excluding hydrogens is 926 g/mol. The van der Waals surface area contributed by atoms with Gasteiger partial charge in [0.1, 0.15) is 47.2 Å². The molecule has 21 heteroatoms. The molecule has 0 radical (unpaired) electrons. The standard InChI is InChI=1S/C24H23F3N6O.C15H13ClN4.C9H11F3N2O/c1-15-2-4-21(17(10-15)11-28)33-8-6-20-18(13-33)23(31-14-30-20)32-19(7-9-34)16-3-5-22(29-12-16)24(25,26)27;1-10-2-3-14(11(6-10)7-17)20-5-4-13-12(8-20)15(16)19-9-18-13;10-9(11,12)8-2-1-6(5-14-8)7(13)3-4-15/h2-5,10,12,14,19,34H,6-9,13H2,1H3,(H,30,31,32);2-3,6,9H,4-5,8H2,1H3;1-2,5,7,15H,3-4,13H2/t19-;;7-/m1.1/s1. The van der Waals surface area contributed by atoms with Crippen molar-refractivity contribution in [2.75, 3.05) is 41.4 Å². The van der Waals surface area contributed by atoms with Gasteiger partial charge in [-0.2, -0.15) is 36.9 Å². The van der Waals surface area contributed by atoms with Gasteiger partial charge in [0.25, 0.3) is 0 Å². The zero-order chi connectivity index (χ0) is 49.9. The number of hydrogen-bond donors (Lipinski definition) is 4. The molecule has 6 heterocycles. The lowest BCUT2D eigenvalue weighted by molar-refractivity contribution is -0.142. The summed E-state index contributed by atoms with van der Waals surface area (Å²) in [5.74, 6) is 0.540. The van der Waals surface area contributed by atoms with Crippen LogP contribution in [0.5, 0.6) is 0 Å². The Morgan fingerprint density at radius 3 is 1.65 bits per heavy atom. The number of aromatic nitrogens is 6. The van der Waals surface area contributed by atoms with E-state index in [0.29, 0.717) is 65.7 Å². The molecule has 69 heavy (non-hydrogen) atoms. The maximum Gasteiger partial charge on any atom is 0.433 e. The zero-order valence-electron chi connectivity index (χ0n) is 37.4. The number of nitriles is 2. The van der Waals surface area contributed by atoms with Crippen LogP contribution < -0.4 is 20.9 Å². The maximum atomic E-state index is 12.9. The third-order valence-corrected chi connectivity index (χ3v) is 11.7. The molecule has 4 aromatic heterocycles. The molecule has 0 saturated carbocycles. The average Bonchev–Trinajstić information content (AvgIpc) is 3.34. The average molecular weight is 973 g/mol. The number of alkyl halides is 6. The monoisotopic (exact) mass is 972 g/mol. The Balaban J connectivity index is 0.000000189. The molecule has 360 valence electrons. The molecule has 2 aliphatic heterocycles. The first-order valence-electron chi connectivity index (χ1n) is 21.6. The summed E-state index contributed by atoms with van der Waals surface area (Å²) in [7, 11) is 0. The van der Waals surface area contributed by atoms with Crippen LogP contribution in [0.4, 0.5) is 43.5 Å². The number of aryl methyl sites for hydroxylation is 2. The number of aliphatic hydroxyl groups excluding tert-OH is 2. The van der Waals surface area contributed by atoms with E-state index >= 15 is 0 Å². The number of rotatable bonds is 10. The van der Waals surface area contributed by atoms with Crippen LogP contribution in [0.1, 0.15) is 92.2 Å². The lowest BCUT2D eigenvalue weighted by Gasteiger charge is -2.32. The Morgan fingerprint density at radius 2 is 1.17 bits per heavy atom. The number of nitrogens with one attached hydrogen (secondary N) is 1. The molecule has 2 atom stereocenters. The van der Waals surface area contributed by atoms with Crippen molar-refractivity contribution in [3.05, 3.63) is 158 Å². The van der Waals surface area contributed by atoms with Crippen molar-refractivity contribution in [1.29, 1.82) is 10.5 Å². The van der Waals surface area contributed by atoms with Crippen LogP contribution in [0.2, 0.25) is 5.15 Å². The van der Waals surface area contributed by atoms with Crippen molar-refractivity contribution in [1.82, 2.24) is 29.9 Å². The normalized spacial score (nSPS) is 14.1. The smallest absolute Gasteiger partial charge is 0.396 e. The molecule has 0 bridgehead atoms. The van der Waals surface area contributed by atoms with Gasteiger partial charge in [-0.25, -0.2) is 19.9 Å². The SMILES string of the molecule is Cc1ccc(N2CCc3ncnc(Cl)c3C2)c(C#N)c1.Cc1ccc(N2CCc3ncnc(N[C@H](CCO)c4ccc(C(F)(F)F)nc4)c3C2)c(C#N)c1.N[C@H](CCO)c1ccc(C(F)(F)F)nc1. The van der Waals surface area contributed by atoms with Crippen LogP contribution in [-0.2, 0) is 38.3 Å². The molecule has 0 aliphatic carbocycles. The summed E-state index contributed by atoms with van der Waals surface area (Å²) in [5, 5.41) is 40.8. The van der Waals surface area contributed by atoms with Gasteiger partial charge >= 0.3 is 12.4 Å². The first kappa shape index (κ1) is 51.4. The van der Waals surface area contributed by atoms with E-state index in [0.717, 1.165) is 76.3 Å². The van der Waals surface area contributed by atoms with E-state index in [1.165, 1.54) is 31.0 Å². The molecule has 2 aromatic carbocycles. The van der Waals surface area contributed by atoms with E-state index < -0.39 is 35.8 Å². The highest BCUT2D eigenvalue weighted by Gasteiger charge is 2.33. The predicted octanol–water partition coefficient (Wildman–Crippen LogP) is 8.52. The lowest BCUT2D eigenvalue weighted by atomic mass is 10.0. The Hall–Kier alpha value is -6.97. The molecular formula is C48H47ClF6N12O2. The van der Waals surface area contributed by atoms with E-state index in [2.05, 4.69) is 57.2 Å². The van der Waals surface area contributed by atoms with Gasteiger partial charge in [-0.1, -0.05) is 35.9 Å². The number of hydrogen-bond acceptors (Lipinski definition) is 14. The summed E-state index contributed by atoms with van der Waals surface area (Å²) >= 11 is 6.15. The summed E-state index contributed by atoms with van der Waals surface area (Å²) < 4.78 is 75.1. The summed E-state index contributed by atoms with van der Waals surface area (Å²) in [6.07, 6.45) is -1.72. The van der Waals surface area contributed by atoms with Crippen molar-refractivity contribution in [2.24, 2.45) is 5.73 Å². The number of pyridine rings is 2. The van der Waals surface area contributed by atoms with Crippen molar-refractivity contribution in [3.8, 4) is 12.1 Å². The van der Waals surface area contributed by atoms with Gasteiger partial charge in [-0.15, -0.1) is 0 Å². The fourth-order valence-corrected chi connectivity index (χ4v) is 7.92. The molecule has 8 rings (SSSR count). The third kappa shape index (κ3) is 13.2. The van der Waals surface area contributed by atoms with Crippen molar-refractivity contribution in [3.63, 3.8) is 0 Å². The summed E-state index contributed by atoms with van der Waals surface area (Å²) in [6, 6.07) is 19.6. The Labute approximate surface area is 399 Å². The second-order valence-electron chi connectivity index (χ2n) is 16.1. The van der Waals surface area contributed by atoms with Gasteiger partial charge in [0, 0.05) is 81.8 Å². The number of aliphatic hydroxyl groups is 2. The summed E-state index contributed by atoms with van der Waals surface area (Å²) in [4.78, 5) is 28.2. The maximum absolute atomic E-state index is 12.9. The van der Waals surface area contributed by atoms with Crippen LogP contribution in [0.15, 0.2) is 85.7 Å². The largest absolute Gasteiger partial charge is 0.433 e. The van der Waals surface area contributed by atoms with E-state index in [1.54, 1.807) is 0 Å². The van der Waals surface area contributed by atoms with Gasteiger partial charge < -0.3 is 31.1 Å². The Bertz CT molecular complexity index is 2780. The van der Waals surface area contributed by atoms with E-state index in [9.17, 15) is 42.0 Å². The van der Waals surface area contributed by atoms with Gasteiger partial charge in [-0.3, -0.25) is 9.97 Å². The van der Waals surface area contributed by atoms with Crippen LogP contribution in [-0.4, -0.2) is 66.4 Å². The topological polar surface area (TPSA) is 210 Å². The van der Waals surface area contributed by atoms with Crippen molar-refractivity contribution < 1.29 is 36.6 Å². The number of nitrogens with two attached hydrogens (primary N) is 1. The molecule has 0 fully saturated rings. The predicted molar refractivity (Wildman–Crippen MR) is 246 cm³/mol. The zero-order valence-corrected chi connectivity index (χ0v) is 38.2. The minimum atomic E-state index is -4.52. The number of benzene rings is 2. The molecule has 0 saturated heterocycles. The number of anilines is 3. The minimum absolute atomic E-state index is 0.109. The summed E-state index contributed by atoms with van der Waals surface area (Å²) in [5.41, 5.74) is 13.5. The molecule has 0 amide bonds. The fraction of sp³-hybridized carbons (Fsp3) is 0.333. The second kappa shape index (κ2) is 22.9. The first-order chi connectivity index (χ1) is 32.9. The third-order valence-electron chi connectivity index (χ3n) is 11.3. The van der Waals surface area contributed by atoms with Gasteiger partial charge in [0.15, 0.2) is 0 Å². The molecule has 14 nitrogen and oxygen atoms in total. The van der Waals surface area contributed by atoms with Gasteiger partial charge in [-0.05, 0) is 85.3 Å². The summed E-state index contributed by atoms with van der Waals surface area (Å²) in [6.45, 7) is 6.27. The number of nitrogens with zero attached hydrogens (tertiary/aromatic N) is 10. The minimum Gasteiger partial charge on any atom is -0.396 e. The highest BCUT2D eigenvalue weighted by molar-refractivity contribution is 6.30.